The van der Waals surface area contributed by atoms with Crippen LogP contribution >= 0.6 is 24.8 Å². The van der Waals surface area contributed by atoms with Gasteiger partial charge in [0.2, 0.25) is 0 Å². The van der Waals surface area contributed by atoms with Crippen LogP contribution in [-0.2, 0) is 0 Å². The largest absolute Gasteiger partial charge is 0.573 e. The number of alkyl halides is 3. The van der Waals surface area contributed by atoms with Crippen molar-refractivity contribution in [1.82, 2.24) is 10.2 Å². The van der Waals surface area contributed by atoms with Crippen LogP contribution in [0.2, 0.25) is 0 Å². The lowest BCUT2D eigenvalue weighted by Gasteiger charge is -2.35. The Balaban J connectivity index is 0.00000264. The van der Waals surface area contributed by atoms with E-state index in [2.05, 4.69) is 15.0 Å². The molecule has 140 valence electrons. The first-order chi connectivity index (χ1) is 10.4. The Labute approximate surface area is 152 Å². The minimum absolute atomic E-state index is 0. The molecular formula is C15H23Cl2F3N2O2. The summed E-state index contributed by atoms with van der Waals surface area (Å²) in [5, 5.41) is 13.5. The Morgan fingerprint density at radius 1 is 1.25 bits per heavy atom. The third kappa shape index (κ3) is 6.20. The molecule has 0 saturated carbocycles. The number of para-hydroxylation sites is 1. The number of ether oxygens (including phenoxy) is 1. The molecule has 0 aliphatic carbocycles. The number of phenols is 1. The number of rotatable bonds is 5. The average Bonchev–Trinajstić information content (AvgIpc) is 2.47. The van der Waals surface area contributed by atoms with Crippen LogP contribution in [0.4, 0.5) is 13.2 Å². The van der Waals surface area contributed by atoms with Crippen molar-refractivity contribution in [2.24, 2.45) is 0 Å². The number of hydrogen-bond donors (Lipinski definition) is 2. The van der Waals surface area contributed by atoms with Crippen LogP contribution in [0.5, 0.6) is 11.5 Å². The summed E-state index contributed by atoms with van der Waals surface area (Å²) in [6.45, 7) is 5.28. The minimum Gasteiger partial charge on any atom is -0.504 e. The van der Waals surface area contributed by atoms with Crippen LogP contribution in [0.3, 0.4) is 0 Å². The van der Waals surface area contributed by atoms with Gasteiger partial charge in [-0.1, -0.05) is 25.5 Å². The fourth-order valence-electron chi connectivity index (χ4n) is 2.82. The zero-order valence-corrected chi connectivity index (χ0v) is 14.9. The van der Waals surface area contributed by atoms with Gasteiger partial charge in [0.25, 0.3) is 0 Å². The number of benzene rings is 1. The molecule has 1 aromatic carbocycles. The smallest absolute Gasteiger partial charge is 0.504 e. The van der Waals surface area contributed by atoms with Crippen LogP contribution in [-0.4, -0.2) is 42.5 Å². The van der Waals surface area contributed by atoms with Gasteiger partial charge in [0, 0.05) is 37.8 Å². The molecule has 0 amide bonds. The molecular weight excluding hydrogens is 368 g/mol. The maximum atomic E-state index is 12.4. The van der Waals surface area contributed by atoms with Gasteiger partial charge in [-0.2, -0.15) is 0 Å². The number of hydrogen-bond acceptors (Lipinski definition) is 4. The van der Waals surface area contributed by atoms with E-state index < -0.39 is 17.9 Å². The van der Waals surface area contributed by atoms with Crippen molar-refractivity contribution in [2.75, 3.05) is 26.2 Å². The molecule has 4 nitrogen and oxygen atoms in total. The topological polar surface area (TPSA) is 44.7 Å². The Morgan fingerprint density at radius 3 is 2.42 bits per heavy atom. The first-order valence-electron chi connectivity index (χ1n) is 7.44. The maximum Gasteiger partial charge on any atom is 0.573 e. The highest BCUT2D eigenvalue weighted by Crippen LogP contribution is 2.40. The molecule has 0 spiro atoms. The molecule has 0 bridgehead atoms. The summed E-state index contributed by atoms with van der Waals surface area (Å²) in [5.74, 6) is -0.960. The third-order valence-electron chi connectivity index (χ3n) is 3.77. The lowest BCUT2D eigenvalue weighted by Crippen LogP contribution is -2.45. The van der Waals surface area contributed by atoms with E-state index in [1.807, 2.05) is 6.92 Å². The van der Waals surface area contributed by atoms with E-state index in [4.69, 9.17) is 0 Å². The highest BCUT2D eigenvalue weighted by molar-refractivity contribution is 5.85. The van der Waals surface area contributed by atoms with Gasteiger partial charge in [0.05, 0.1) is 0 Å². The van der Waals surface area contributed by atoms with Crippen molar-refractivity contribution in [1.29, 1.82) is 0 Å². The summed E-state index contributed by atoms with van der Waals surface area (Å²) in [7, 11) is 0. The molecule has 9 heteroatoms. The number of nitrogens with one attached hydrogen (secondary N) is 1. The van der Waals surface area contributed by atoms with Gasteiger partial charge in [-0.05, 0) is 12.5 Å². The summed E-state index contributed by atoms with van der Waals surface area (Å²) in [5.41, 5.74) is 0.491. The molecule has 1 aliphatic heterocycles. The molecule has 2 rings (SSSR count). The summed E-state index contributed by atoms with van der Waals surface area (Å²) in [6, 6.07) is 4.18. The lowest BCUT2D eigenvalue weighted by atomic mass is 9.98. The molecule has 0 radical (unpaired) electrons. The summed E-state index contributed by atoms with van der Waals surface area (Å²) < 4.78 is 41.1. The van der Waals surface area contributed by atoms with E-state index in [9.17, 15) is 18.3 Å². The van der Waals surface area contributed by atoms with E-state index >= 15 is 0 Å². The van der Waals surface area contributed by atoms with Crippen molar-refractivity contribution >= 4 is 24.8 Å². The number of aromatic hydroxyl groups is 1. The van der Waals surface area contributed by atoms with Gasteiger partial charge < -0.3 is 15.2 Å². The molecule has 1 fully saturated rings. The van der Waals surface area contributed by atoms with E-state index in [0.29, 0.717) is 5.56 Å². The second-order valence-corrected chi connectivity index (χ2v) is 5.33. The Hall–Kier alpha value is -0.890. The van der Waals surface area contributed by atoms with Crippen molar-refractivity contribution in [3.63, 3.8) is 0 Å². The van der Waals surface area contributed by atoms with E-state index in [0.717, 1.165) is 45.1 Å². The van der Waals surface area contributed by atoms with Gasteiger partial charge in [-0.15, -0.1) is 38.0 Å². The van der Waals surface area contributed by atoms with Gasteiger partial charge >= 0.3 is 6.36 Å². The summed E-state index contributed by atoms with van der Waals surface area (Å²) in [4.78, 5) is 2.19. The van der Waals surface area contributed by atoms with E-state index in [-0.39, 0.29) is 30.9 Å². The SMILES string of the molecule is CCC[C@@H](c1cccc(OC(F)(F)F)c1O)N1CCNCC1.Cl.Cl. The third-order valence-corrected chi connectivity index (χ3v) is 3.77. The highest BCUT2D eigenvalue weighted by Gasteiger charge is 2.33. The molecule has 0 aromatic heterocycles. The zero-order chi connectivity index (χ0) is 16.2. The fraction of sp³-hybridized carbons (Fsp3) is 0.600. The van der Waals surface area contributed by atoms with Gasteiger partial charge in [0.1, 0.15) is 0 Å². The van der Waals surface area contributed by atoms with Crippen LogP contribution < -0.4 is 10.1 Å². The number of piperazine rings is 1. The molecule has 24 heavy (non-hydrogen) atoms. The monoisotopic (exact) mass is 390 g/mol. The van der Waals surface area contributed by atoms with Crippen molar-refractivity contribution < 1.29 is 23.0 Å². The molecule has 1 saturated heterocycles. The molecule has 2 N–H and O–H groups in total. The predicted molar refractivity (Wildman–Crippen MR) is 91.4 cm³/mol. The van der Waals surface area contributed by atoms with Crippen LogP contribution in [0.25, 0.3) is 0 Å². The maximum absolute atomic E-state index is 12.4. The van der Waals surface area contributed by atoms with E-state index in [1.165, 1.54) is 6.07 Å². The summed E-state index contributed by atoms with van der Waals surface area (Å²) >= 11 is 0. The average molecular weight is 391 g/mol. The van der Waals surface area contributed by atoms with Crippen LogP contribution in [0, 0.1) is 0 Å². The number of halogens is 5. The quantitative estimate of drug-likeness (QED) is 0.800. The first-order valence-corrected chi connectivity index (χ1v) is 7.44. The van der Waals surface area contributed by atoms with Crippen LogP contribution in [0.1, 0.15) is 31.4 Å². The second-order valence-electron chi connectivity index (χ2n) is 5.33. The molecule has 1 atom stereocenters. The standard InChI is InChI=1S/C15H21F3N2O2.2ClH/c1-2-4-12(20-9-7-19-8-10-20)11-5-3-6-13(14(11)21)22-15(16,17)18;;/h3,5-6,12,19,21H,2,4,7-10H2,1H3;2*1H/t12-;;/m0../s1. The van der Waals surface area contributed by atoms with Gasteiger partial charge in [-0.3, -0.25) is 4.90 Å². The molecule has 1 aromatic rings. The predicted octanol–water partition coefficient (Wildman–Crippen LogP) is 3.88. The molecule has 1 heterocycles. The Morgan fingerprint density at radius 2 is 1.88 bits per heavy atom. The lowest BCUT2D eigenvalue weighted by molar-refractivity contribution is -0.275. The normalized spacial score (nSPS) is 16.7. The van der Waals surface area contributed by atoms with Gasteiger partial charge in [-0.25, -0.2) is 0 Å². The minimum atomic E-state index is -4.81. The van der Waals surface area contributed by atoms with Crippen molar-refractivity contribution in [3.05, 3.63) is 23.8 Å². The first kappa shape index (κ1) is 23.1. The van der Waals surface area contributed by atoms with Crippen molar-refractivity contribution in [3.8, 4) is 11.5 Å². The Bertz CT molecular complexity index is 498. The van der Waals surface area contributed by atoms with E-state index in [1.54, 1.807) is 6.07 Å². The van der Waals surface area contributed by atoms with Crippen molar-refractivity contribution in [2.45, 2.75) is 32.2 Å². The number of nitrogens with zero attached hydrogens (tertiary/aromatic N) is 1. The number of phenolic OH excluding ortho intramolecular Hbond substituents is 1. The zero-order valence-electron chi connectivity index (χ0n) is 13.3. The fourth-order valence-corrected chi connectivity index (χ4v) is 2.82. The highest BCUT2D eigenvalue weighted by atomic mass is 35.5. The Kier molecular flexibility index (Phi) is 9.80. The summed E-state index contributed by atoms with van der Waals surface area (Å²) in [6.07, 6.45) is -3.17. The molecule has 0 unspecified atom stereocenters. The van der Waals surface area contributed by atoms with Crippen LogP contribution in [0.15, 0.2) is 18.2 Å². The van der Waals surface area contributed by atoms with Gasteiger partial charge in [0.15, 0.2) is 11.5 Å². The second kappa shape index (κ2) is 10.2. The molecule has 1 aliphatic rings.